The van der Waals surface area contributed by atoms with Crippen LogP contribution in [0.25, 0.3) is 11.7 Å². The summed E-state index contributed by atoms with van der Waals surface area (Å²) in [6.07, 6.45) is 4.34. The van der Waals surface area contributed by atoms with Crippen LogP contribution in [-0.2, 0) is 16.3 Å². The number of aromatic nitrogens is 1. The summed E-state index contributed by atoms with van der Waals surface area (Å²) < 4.78 is 38.0. The molecule has 1 aliphatic heterocycles. The summed E-state index contributed by atoms with van der Waals surface area (Å²) in [6, 6.07) is 10.4. The van der Waals surface area contributed by atoms with Crippen LogP contribution in [0.1, 0.15) is 32.3 Å². The number of anilines is 1. The Morgan fingerprint density at radius 3 is 2.46 bits per heavy atom. The minimum Gasteiger partial charge on any atom is -0.459 e. The monoisotopic (exact) mass is 400 g/mol. The molecule has 4 rings (SSSR count). The first-order chi connectivity index (χ1) is 13.5. The molecule has 0 unspecified atom stereocenters. The van der Waals surface area contributed by atoms with Crippen LogP contribution in [0.5, 0.6) is 0 Å². The summed E-state index contributed by atoms with van der Waals surface area (Å²) in [6.45, 7) is 5.72. The summed E-state index contributed by atoms with van der Waals surface area (Å²) in [5.41, 5.74) is 1.08. The number of rotatable bonds is 5. The fraction of sp³-hybridized carbons (Fsp3) is 0.381. The van der Waals surface area contributed by atoms with Gasteiger partial charge in [-0.3, -0.25) is 0 Å². The fourth-order valence-electron chi connectivity index (χ4n) is 3.41. The van der Waals surface area contributed by atoms with Crippen LogP contribution in [-0.4, -0.2) is 26.5 Å². The molecule has 0 spiro atoms. The maximum Gasteiger partial charge on any atom is 0.266 e. The minimum absolute atomic E-state index is 0.0438. The van der Waals surface area contributed by atoms with Crippen molar-refractivity contribution in [3.8, 4) is 11.7 Å². The van der Waals surface area contributed by atoms with Crippen LogP contribution in [0.2, 0.25) is 0 Å². The van der Waals surface area contributed by atoms with E-state index >= 15 is 0 Å². The third kappa shape index (κ3) is 3.46. The Hall–Kier alpha value is -2.54. The number of hydrogen-bond donors (Lipinski definition) is 0. The van der Waals surface area contributed by atoms with E-state index in [9.17, 15) is 8.42 Å². The van der Waals surface area contributed by atoms with Gasteiger partial charge in [0.25, 0.3) is 5.89 Å². The van der Waals surface area contributed by atoms with Gasteiger partial charge in [0.2, 0.25) is 20.7 Å². The van der Waals surface area contributed by atoms with E-state index in [1.54, 1.807) is 24.3 Å². The highest BCUT2D eigenvalue weighted by atomic mass is 32.2. The molecule has 0 radical (unpaired) electrons. The Bertz CT molecular complexity index is 1030. The van der Waals surface area contributed by atoms with Gasteiger partial charge in [0.05, 0.1) is 11.2 Å². The molecule has 3 aromatic rings. The van der Waals surface area contributed by atoms with E-state index in [0.29, 0.717) is 17.6 Å². The lowest BCUT2D eigenvalue weighted by molar-refractivity contribution is 0.413. The lowest BCUT2D eigenvalue weighted by Crippen LogP contribution is -2.33. The molecule has 3 heterocycles. The zero-order valence-corrected chi connectivity index (χ0v) is 16.9. The molecule has 7 heteroatoms. The van der Waals surface area contributed by atoms with Crippen molar-refractivity contribution in [2.45, 2.75) is 43.0 Å². The molecule has 6 nitrogen and oxygen atoms in total. The average Bonchev–Trinajstić information content (AvgIpc) is 3.38. The second-order valence-corrected chi connectivity index (χ2v) is 9.14. The minimum atomic E-state index is -3.82. The summed E-state index contributed by atoms with van der Waals surface area (Å²) >= 11 is 0. The van der Waals surface area contributed by atoms with Gasteiger partial charge in [-0.15, -0.1) is 0 Å². The zero-order chi connectivity index (χ0) is 19.7. The second kappa shape index (κ2) is 7.47. The summed E-state index contributed by atoms with van der Waals surface area (Å²) in [5.74, 6) is 1.51. The standard InChI is InChI=1S/C21H24N2O4S/c1-3-16-6-8-17(9-7-16)28(24,25)20-21(23-12-10-15(2)11-13-23)27-19(22-20)18-5-4-14-26-18/h4-9,14-15H,3,10-13H2,1-2H3. The number of piperidine rings is 1. The lowest BCUT2D eigenvalue weighted by atomic mass is 9.99. The first kappa shape index (κ1) is 18.8. The molecule has 0 bridgehead atoms. The zero-order valence-electron chi connectivity index (χ0n) is 16.1. The number of benzene rings is 1. The third-order valence-electron chi connectivity index (χ3n) is 5.28. The van der Waals surface area contributed by atoms with Crippen LogP contribution >= 0.6 is 0 Å². The van der Waals surface area contributed by atoms with Crippen LogP contribution in [0.15, 0.2) is 61.4 Å². The Morgan fingerprint density at radius 1 is 1.14 bits per heavy atom. The first-order valence-electron chi connectivity index (χ1n) is 9.62. The predicted octanol–water partition coefficient (Wildman–Crippen LogP) is 4.57. The van der Waals surface area contributed by atoms with Crippen molar-refractivity contribution in [2.24, 2.45) is 5.92 Å². The van der Waals surface area contributed by atoms with Gasteiger partial charge in [-0.25, -0.2) is 8.42 Å². The summed E-state index contributed by atoms with van der Waals surface area (Å²) in [7, 11) is -3.82. The van der Waals surface area contributed by atoms with Crippen LogP contribution in [0.4, 0.5) is 5.88 Å². The smallest absolute Gasteiger partial charge is 0.266 e. The van der Waals surface area contributed by atoms with E-state index in [0.717, 1.165) is 37.9 Å². The van der Waals surface area contributed by atoms with Crippen molar-refractivity contribution in [3.05, 3.63) is 48.2 Å². The molecule has 1 saturated heterocycles. The molecule has 28 heavy (non-hydrogen) atoms. The number of hydrogen-bond acceptors (Lipinski definition) is 6. The molecule has 1 aromatic carbocycles. The Labute approximate surface area is 165 Å². The number of nitrogens with zero attached hydrogens (tertiary/aromatic N) is 2. The topological polar surface area (TPSA) is 76.5 Å². The van der Waals surface area contributed by atoms with Crippen LogP contribution < -0.4 is 4.90 Å². The summed E-state index contributed by atoms with van der Waals surface area (Å²) in [4.78, 5) is 6.54. The van der Waals surface area contributed by atoms with Crippen molar-refractivity contribution in [3.63, 3.8) is 0 Å². The van der Waals surface area contributed by atoms with Crippen molar-refractivity contribution >= 4 is 15.7 Å². The van der Waals surface area contributed by atoms with Crippen LogP contribution in [0.3, 0.4) is 0 Å². The molecule has 0 amide bonds. The molecule has 0 atom stereocenters. The number of oxazole rings is 1. The number of aryl methyl sites for hydroxylation is 1. The van der Waals surface area contributed by atoms with Gasteiger partial charge in [-0.1, -0.05) is 26.0 Å². The average molecular weight is 401 g/mol. The number of sulfone groups is 1. The molecule has 0 N–H and O–H groups in total. The van der Waals surface area contributed by atoms with E-state index in [-0.39, 0.29) is 15.8 Å². The van der Waals surface area contributed by atoms with Gasteiger partial charge < -0.3 is 13.7 Å². The van der Waals surface area contributed by atoms with Gasteiger partial charge in [-0.2, -0.15) is 4.98 Å². The van der Waals surface area contributed by atoms with E-state index in [2.05, 4.69) is 11.9 Å². The maximum absolute atomic E-state index is 13.4. The highest BCUT2D eigenvalue weighted by molar-refractivity contribution is 7.91. The molecular weight excluding hydrogens is 376 g/mol. The third-order valence-corrected chi connectivity index (χ3v) is 6.95. The Kier molecular flexibility index (Phi) is 5.02. The Morgan fingerprint density at radius 2 is 1.86 bits per heavy atom. The van der Waals surface area contributed by atoms with Gasteiger partial charge in [0, 0.05) is 13.1 Å². The quantitative estimate of drug-likeness (QED) is 0.625. The van der Waals surface area contributed by atoms with Gasteiger partial charge >= 0.3 is 0 Å². The molecular formula is C21H24N2O4S. The maximum atomic E-state index is 13.4. The Balaban J connectivity index is 1.79. The first-order valence-corrected chi connectivity index (χ1v) is 11.1. The van der Waals surface area contributed by atoms with E-state index in [1.165, 1.54) is 6.26 Å². The van der Waals surface area contributed by atoms with Crippen molar-refractivity contribution in [1.29, 1.82) is 0 Å². The van der Waals surface area contributed by atoms with Crippen LogP contribution in [0, 0.1) is 5.92 Å². The highest BCUT2D eigenvalue weighted by Crippen LogP contribution is 2.36. The largest absolute Gasteiger partial charge is 0.459 e. The number of furan rings is 1. The SMILES string of the molecule is CCc1ccc(S(=O)(=O)c2nc(-c3ccco3)oc2N2CCC(C)CC2)cc1. The van der Waals surface area contributed by atoms with Crippen molar-refractivity contribution < 1.29 is 17.3 Å². The van der Waals surface area contributed by atoms with E-state index in [4.69, 9.17) is 8.83 Å². The van der Waals surface area contributed by atoms with Gasteiger partial charge in [0.15, 0.2) is 5.76 Å². The van der Waals surface area contributed by atoms with E-state index in [1.807, 2.05) is 24.0 Å². The van der Waals surface area contributed by atoms with E-state index < -0.39 is 9.84 Å². The normalized spacial score (nSPS) is 15.9. The second-order valence-electron chi connectivity index (χ2n) is 7.28. The van der Waals surface area contributed by atoms with Crippen molar-refractivity contribution in [1.82, 2.24) is 4.98 Å². The van der Waals surface area contributed by atoms with Crippen molar-refractivity contribution in [2.75, 3.05) is 18.0 Å². The molecule has 2 aromatic heterocycles. The lowest BCUT2D eigenvalue weighted by Gasteiger charge is -2.30. The van der Waals surface area contributed by atoms with Gasteiger partial charge in [0.1, 0.15) is 0 Å². The molecule has 1 aliphatic rings. The van der Waals surface area contributed by atoms with Gasteiger partial charge in [-0.05, 0) is 55.0 Å². The molecule has 0 aliphatic carbocycles. The molecule has 148 valence electrons. The highest BCUT2D eigenvalue weighted by Gasteiger charge is 2.33. The summed E-state index contributed by atoms with van der Waals surface area (Å²) in [5, 5.41) is -0.0438. The molecule has 1 fully saturated rings. The predicted molar refractivity (Wildman–Crippen MR) is 106 cm³/mol. The fourth-order valence-corrected chi connectivity index (χ4v) is 4.73. The molecule has 0 saturated carbocycles.